The van der Waals surface area contributed by atoms with E-state index >= 15 is 0 Å². The van der Waals surface area contributed by atoms with Crippen LogP contribution in [0.5, 0.6) is 0 Å². The van der Waals surface area contributed by atoms with Crippen molar-refractivity contribution in [3.8, 4) is 0 Å². The Hall–Kier alpha value is -0.830. The summed E-state index contributed by atoms with van der Waals surface area (Å²) in [4.78, 5) is 10.9. The summed E-state index contributed by atoms with van der Waals surface area (Å²) in [6.45, 7) is 4.04. The fourth-order valence-corrected chi connectivity index (χ4v) is 1.96. The van der Waals surface area contributed by atoms with Gasteiger partial charge in [0, 0.05) is 24.8 Å². The molecular weight excluding hydrogens is 210 g/mol. The quantitative estimate of drug-likeness (QED) is 0.689. The summed E-state index contributed by atoms with van der Waals surface area (Å²) in [7, 11) is 0. The van der Waals surface area contributed by atoms with Crippen molar-refractivity contribution in [2.45, 2.75) is 32.6 Å². The maximum absolute atomic E-state index is 6.00. The molecule has 1 aliphatic heterocycles. The molecule has 15 heavy (non-hydrogen) atoms. The van der Waals surface area contributed by atoms with E-state index in [-0.39, 0.29) is 0 Å². The van der Waals surface area contributed by atoms with Crippen molar-refractivity contribution in [1.82, 2.24) is 9.97 Å². The minimum absolute atomic E-state index is 0.573. The van der Waals surface area contributed by atoms with Crippen LogP contribution in [0.25, 0.3) is 0 Å². The molecule has 0 spiro atoms. The van der Waals surface area contributed by atoms with E-state index in [9.17, 15) is 0 Å². The molecule has 1 aromatic rings. The van der Waals surface area contributed by atoms with Crippen LogP contribution in [0.1, 0.15) is 31.2 Å². The second-order valence-corrected chi connectivity index (χ2v) is 4.40. The molecule has 2 rings (SSSR count). The first-order valence-electron chi connectivity index (χ1n) is 5.51. The third-order valence-electron chi connectivity index (χ3n) is 2.79. The molecule has 0 N–H and O–H groups in total. The lowest BCUT2D eigenvalue weighted by atomic mass is 10.2. The van der Waals surface area contributed by atoms with Crippen molar-refractivity contribution in [3.05, 3.63) is 16.9 Å². The van der Waals surface area contributed by atoms with E-state index in [1.807, 2.05) is 6.92 Å². The Morgan fingerprint density at radius 1 is 1.20 bits per heavy atom. The lowest BCUT2D eigenvalue weighted by Crippen LogP contribution is -2.26. The number of nitrogens with zero attached hydrogens (tertiary/aromatic N) is 3. The van der Waals surface area contributed by atoms with Crippen LogP contribution in [0, 0.1) is 6.92 Å². The van der Waals surface area contributed by atoms with Crippen molar-refractivity contribution in [3.63, 3.8) is 0 Å². The normalized spacial score (nSPS) is 17.6. The Morgan fingerprint density at radius 2 is 1.87 bits per heavy atom. The number of aryl methyl sites for hydroxylation is 1. The van der Waals surface area contributed by atoms with Gasteiger partial charge in [0.15, 0.2) is 0 Å². The first-order valence-corrected chi connectivity index (χ1v) is 5.89. The molecule has 3 nitrogen and oxygen atoms in total. The maximum Gasteiger partial charge on any atom is 0.226 e. The van der Waals surface area contributed by atoms with Gasteiger partial charge in [-0.15, -0.1) is 0 Å². The van der Waals surface area contributed by atoms with Gasteiger partial charge in [0.2, 0.25) is 5.95 Å². The molecule has 0 unspecified atom stereocenters. The zero-order valence-corrected chi connectivity index (χ0v) is 9.80. The first kappa shape index (κ1) is 10.7. The van der Waals surface area contributed by atoms with E-state index in [1.54, 1.807) is 6.20 Å². The highest BCUT2D eigenvalue weighted by atomic mass is 35.5. The molecule has 0 atom stereocenters. The fraction of sp³-hybridized carbons (Fsp3) is 0.636. The molecule has 1 saturated heterocycles. The lowest BCUT2D eigenvalue weighted by Gasteiger charge is -2.20. The molecule has 0 radical (unpaired) electrons. The van der Waals surface area contributed by atoms with E-state index in [2.05, 4.69) is 14.9 Å². The van der Waals surface area contributed by atoms with E-state index in [4.69, 9.17) is 11.6 Å². The monoisotopic (exact) mass is 225 g/mol. The van der Waals surface area contributed by atoms with Gasteiger partial charge in [-0.3, -0.25) is 0 Å². The molecule has 1 aliphatic rings. The number of hydrogen-bond acceptors (Lipinski definition) is 3. The fourth-order valence-electron chi connectivity index (χ4n) is 1.84. The van der Waals surface area contributed by atoms with Gasteiger partial charge in [-0.1, -0.05) is 24.4 Å². The Labute approximate surface area is 95.5 Å². The van der Waals surface area contributed by atoms with E-state index in [0.29, 0.717) is 5.15 Å². The predicted octanol–water partition coefficient (Wildman–Crippen LogP) is 2.82. The second kappa shape index (κ2) is 4.79. The van der Waals surface area contributed by atoms with Crippen LogP contribution in [-0.4, -0.2) is 23.1 Å². The summed E-state index contributed by atoms with van der Waals surface area (Å²) in [5.74, 6) is 0.785. The van der Waals surface area contributed by atoms with Crippen LogP contribution in [0.2, 0.25) is 5.15 Å². The Kier molecular flexibility index (Phi) is 3.41. The zero-order valence-electron chi connectivity index (χ0n) is 9.04. The summed E-state index contributed by atoms with van der Waals surface area (Å²) in [5.41, 5.74) is 0.940. The van der Waals surface area contributed by atoms with Crippen molar-refractivity contribution >= 4 is 17.5 Å². The molecule has 0 amide bonds. The third kappa shape index (κ3) is 2.59. The van der Waals surface area contributed by atoms with Crippen molar-refractivity contribution < 1.29 is 0 Å². The predicted molar refractivity (Wildman–Crippen MR) is 62.5 cm³/mol. The van der Waals surface area contributed by atoms with Crippen molar-refractivity contribution in [1.29, 1.82) is 0 Å². The topological polar surface area (TPSA) is 29.0 Å². The average Bonchev–Trinajstić information content (AvgIpc) is 2.50. The SMILES string of the molecule is Cc1cnc(N2CCCCCC2)nc1Cl. The lowest BCUT2D eigenvalue weighted by molar-refractivity contribution is 0.726. The average molecular weight is 226 g/mol. The number of hydrogen-bond donors (Lipinski definition) is 0. The van der Waals surface area contributed by atoms with E-state index < -0.39 is 0 Å². The molecule has 0 aromatic carbocycles. The number of halogens is 1. The Morgan fingerprint density at radius 3 is 2.47 bits per heavy atom. The van der Waals surface area contributed by atoms with Crippen LogP contribution in [0.3, 0.4) is 0 Å². The molecule has 0 aliphatic carbocycles. The highest BCUT2D eigenvalue weighted by molar-refractivity contribution is 6.30. The number of aromatic nitrogens is 2. The molecule has 1 aromatic heterocycles. The molecular formula is C11H16ClN3. The van der Waals surface area contributed by atoms with Gasteiger partial charge in [0.05, 0.1) is 0 Å². The van der Waals surface area contributed by atoms with Crippen LogP contribution >= 0.6 is 11.6 Å². The van der Waals surface area contributed by atoms with Gasteiger partial charge in [-0.05, 0) is 19.8 Å². The van der Waals surface area contributed by atoms with Gasteiger partial charge in [-0.2, -0.15) is 0 Å². The van der Waals surface area contributed by atoms with Gasteiger partial charge < -0.3 is 4.90 Å². The van der Waals surface area contributed by atoms with Crippen LogP contribution < -0.4 is 4.90 Å². The van der Waals surface area contributed by atoms with E-state index in [1.165, 1.54) is 25.7 Å². The van der Waals surface area contributed by atoms with E-state index in [0.717, 1.165) is 24.6 Å². The third-order valence-corrected chi connectivity index (χ3v) is 3.17. The Bertz CT molecular complexity index is 333. The van der Waals surface area contributed by atoms with Crippen molar-refractivity contribution in [2.24, 2.45) is 0 Å². The number of rotatable bonds is 1. The molecule has 2 heterocycles. The molecule has 1 fully saturated rings. The molecule has 0 saturated carbocycles. The maximum atomic E-state index is 6.00. The standard InChI is InChI=1S/C11H16ClN3/c1-9-8-13-11(14-10(9)12)15-6-4-2-3-5-7-15/h8H,2-7H2,1H3. The summed E-state index contributed by atoms with van der Waals surface area (Å²) in [5, 5.41) is 0.573. The second-order valence-electron chi connectivity index (χ2n) is 4.05. The minimum atomic E-state index is 0.573. The smallest absolute Gasteiger partial charge is 0.226 e. The first-order chi connectivity index (χ1) is 7.27. The van der Waals surface area contributed by atoms with Crippen molar-refractivity contribution in [2.75, 3.05) is 18.0 Å². The van der Waals surface area contributed by atoms with Gasteiger partial charge in [0.1, 0.15) is 5.15 Å². The highest BCUT2D eigenvalue weighted by Crippen LogP contribution is 2.18. The van der Waals surface area contributed by atoms with Gasteiger partial charge >= 0.3 is 0 Å². The highest BCUT2D eigenvalue weighted by Gasteiger charge is 2.12. The van der Waals surface area contributed by atoms with Crippen LogP contribution in [0.4, 0.5) is 5.95 Å². The van der Waals surface area contributed by atoms with Gasteiger partial charge in [0.25, 0.3) is 0 Å². The molecule has 0 bridgehead atoms. The van der Waals surface area contributed by atoms with Crippen LogP contribution in [0.15, 0.2) is 6.20 Å². The zero-order chi connectivity index (χ0) is 10.7. The summed E-state index contributed by atoms with van der Waals surface area (Å²) >= 11 is 6.00. The summed E-state index contributed by atoms with van der Waals surface area (Å²) in [6.07, 6.45) is 6.89. The molecule has 82 valence electrons. The van der Waals surface area contributed by atoms with Crippen LogP contribution in [-0.2, 0) is 0 Å². The number of anilines is 1. The van der Waals surface area contributed by atoms with Gasteiger partial charge in [-0.25, -0.2) is 9.97 Å². The summed E-state index contributed by atoms with van der Waals surface area (Å²) < 4.78 is 0. The minimum Gasteiger partial charge on any atom is -0.341 e. The Balaban J connectivity index is 2.16. The largest absolute Gasteiger partial charge is 0.341 e. The summed E-state index contributed by atoms with van der Waals surface area (Å²) in [6, 6.07) is 0. The molecule has 4 heteroatoms.